The third kappa shape index (κ3) is 2.90. The zero-order chi connectivity index (χ0) is 19.3. The fraction of sp³-hybridized carbons (Fsp3) is 0.143. The number of aliphatic hydroxyl groups excluding tert-OH is 1. The average molecular weight is 405 g/mol. The number of anilines is 1. The quantitative estimate of drug-likeness (QED) is 0.800. The lowest BCUT2D eigenvalue weighted by molar-refractivity contribution is -0.134. The molecular weight excluding hydrogens is 395 g/mol. The van der Waals surface area contributed by atoms with Crippen LogP contribution in [0.5, 0.6) is 0 Å². The van der Waals surface area contributed by atoms with E-state index >= 15 is 0 Å². The molecule has 0 radical (unpaired) electrons. The second kappa shape index (κ2) is 5.99. The minimum absolute atomic E-state index is 0.0478. The van der Waals surface area contributed by atoms with E-state index < -0.39 is 48.2 Å². The molecule has 0 saturated heterocycles. The molecule has 1 aliphatic rings. The summed E-state index contributed by atoms with van der Waals surface area (Å²) in [6.07, 6.45) is -3.41. The third-order valence-corrected chi connectivity index (χ3v) is 6.59. The molecule has 138 valence electrons. The first-order valence-corrected chi connectivity index (χ1v) is 9.15. The van der Waals surface area contributed by atoms with Gasteiger partial charge in [0.2, 0.25) is 0 Å². The first-order valence-electron chi connectivity index (χ1n) is 6.89. The van der Waals surface area contributed by atoms with Gasteiger partial charge >= 0.3 is 6.18 Å². The van der Waals surface area contributed by atoms with E-state index in [-0.39, 0.29) is 17.2 Å². The second-order valence-corrected chi connectivity index (χ2v) is 8.13. The van der Waals surface area contributed by atoms with E-state index in [0.29, 0.717) is 10.4 Å². The van der Waals surface area contributed by atoms with E-state index in [1.54, 1.807) is 12.1 Å². The molecule has 0 atom stereocenters. The molecule has 7 nitrogen and oxygen atoms in total. The van der Waals surface area contributed by atoms with Gasteiger partial charge in [-0.3, -0.25) is 9.10 Å². The first-order chi connectivity index (χ1) is 12.0. The van der Waals surface area contributed by atoms with Gasteiger partial charge in [-0.2, -0.15) is 13.2 Å². The van der Waals surface area contributed by atoms with Gasteiger partial charge in [0.15, 0.2) is 11.5 Å². The topological polar surface area (TPSA) is 99.6 Å². The highest BCUT2D eigenvalue weighted by Crippen LogP contribution is 2.44. The van der Waals surface area contributed by atoms with Crippen LogP contribution in [0, 0.1) is 0 Å². The van der Waals surface area contributed by atoms with Gasteiger partial charge in [0.25, 0.3) is 15.9 Å². The number of alkyl halides is 3. The molecule has 1 amide bonds. The molecule has 0 aliphatic carbocycles. The number of aromatic nitrogens is 1. The number of aliphatic hydroxyl groups is 1. The van der Waals surface area contributed by atoms with Gasteiger partial charge in [-0.15, -0.1) is 11.3 Å². The van der Waals surface area contributed by atoms with E-state index in [0.717, 1.165) is 7.05 Å². The van der Waals surface area contributed by atoms with Crippen LogP contribution < -0.4 is 5.32 Å². The van der Waals surface area contributed by atoms with Gasteiger partial charge < -0.3 is 10.4 Å². The fourth-order valence-electron chi connectivity index (χ4n) is 2.26. The van der Waals surface area contributed by atoms with Crippen molar-refractivity contribution in [3.8, 4) is 0 Å². The van der Waals surface area contributed by atoms with Crippen molar-refractivity contribution >= 4 is 38.8 Å². The largest absolute Gasteiger partial charge is 0.504 e. The molecule has 2 aromatic rings. The number of carbonyl (C=O) groups is 1. The molecule has 0 bridgehead atoms. The van der Waals surface area contributed by atoms with Crippen molar-refractivity contribution in [2.45, 2.75) is 11.1 Å². The van der Waals surface area contributed by atoms with Crippen LogP contribution in [0.2, 0.25) is 0 Å². The predicted octanol–water partition coefficient (Wildman–Crippen LogP) is 2.66. The van der Waals surface area contributed by atoms with Crippen molar-refractivity contribution in [1.29, 1.82) is 0 Å². The van der Waals surface area contributed by atoms with Crippen molar-refractivity contribution in [3.05, 3.63) is 45.9 Å². The number of hydrogen-bond donors (Lipinski definition) is 2. The molecule has 26 heavy (non-hydrogen) atoms. The molecule has 0 unspecified atom stereocenters. The highest BCUT2D eigenvalue weighted by atomic mass is 32.2. The number of nitrogens with one attached hydrogen (secondary N) is 1. The summed E-state index contributed by atoms with van der Waals surface area (Å²) in [6.45, 7) is 0. The van der Waals surface area contributed by atoms with Crippen molar-refractivity contribution in [2.75, 3.05) is 12.4 Å². The number of sulfonamides is 1. The van der Waals surface area contributed by atoms with Crippen LogP contribution >= 0.6 is 11.3 Å². The van der Waals surface area contributed by atoms with E-state index in [9.17, 15) is 31.5 Å². The number of thiophene rings is 1. The smallest absolute Gasteiger partial charge is 0.425 e. The highest BCUT2D eigenvalue weighted by molar-refractivity contribution is 7.89. The minimum atomic E-state index is -4.78. The van der Waals surface area contributed by atoms with Crippen LogP contribution in [0.1, 0.15) is 9.75 Å². The summed E-state index contributed by atoms with van der Waals surface area (Å²) >= 11 is 0.0478. The Morgan fingerprint density at radius 1 is 1.35 bits per heavy atom. The Kier molecular flexibility index (Phi) is 4.19. The molecule has 2 N–H and O–H groups in total. The van der Waals surface area contributed by atoms with E-state index in [4.69, 9.17) is 0 Å². The SMILES string of the molecule is CN1C(C(=O)Nc2ccccn2)=C(O)c2sc(C(F)(F)F)cc2S1(=O)=O. The molecule has 0 spiro atoms. The number of likely N-dealkylation sites (N-methyl/N-ethyl adjacent to an activating group) is 1. The first kappa shape index (κ1) is 18.2. The molecule has 3 heterocycles. The number of amides is 1. The van der Waals surface area contributed by atoms with Crippen LogP contribution in [0.4, 0.5) is 19.0 Å². The Bertz CT molecular complexity index is 1010. The maximum absolute atomic E-state index is 12.9. The number of pyridine rings is 1. The summed E-state index contributed by atoms with van der Waals surface area (Å²) in [5, 5.41) is 12.6. The third-order valence-electron chi connectivity index (χ3n) is 3.49. The number of hydrogen-bond acceptors (Lipinski definition) is 6. The van der Waals surface area contributed by atoms with E-state index in [2.05, 4.69) is 10.3 Å². The predicted molar refractivity (Wildman–Crippen MR) is 86.7 cm³/mol. The van der Waals surface area contributed by atoms with Crippen LogP contribution in [0.25, 0.3) is 5.76 Å². The lowest BCUT2D eigenvalue weighted by Crippen LogP contribution is -2.36. The Balaban J connectivity index is 2.12. The molecule has 1 aliphatic heterocycles. The molecule has 12 heteroatoms. The number of nitrogens with zero attached hydrogens (tertiary/aromatic N) is 2. The molecule has 0 aromatic carbocycles. The maximum atomic E-state index is 12.9. The van der Waals surface area contributed by atoms with Crippen molar-refractivity contribution in [3.63, 3.8) is 0 Å². The zero-order valence-corrected chi connectivity index (χ0v) is 14.5. The molecule has 2 aromatic heterocycles. The summed E-state index contributed by atoms with van der Waals surface area (Å²) in [6, 6.07) is 5.01. The summed E-state index contributed by atoms with van der Waals surface area (Å²) in [4.78, 5) is 13.8. The maximum Gasteiger partial charge on any atom is 0.425 e. The van der Waals surface area contributed by atoms with Crippen LogP contribution in [0.3, 0.4) is 0 Å². The van der Waals surface area contributed by atoms with Crippen molar-refractivity contribution < 1.29 is 31.5 Å². The highest BCUT2D eigenvalue weighted by Gasteiger charge is 2.43. The van der Waals surface area contributed by atoms with Gasteiger partial charge in [-0.25, -0.2) is 13.4 Å². The summed E-state index contributed by atoms with van der Waals surface area (Å²) in [5.41, 5.74) is -0.696. The molecular formula is C14H10F3N3O4S2. The van der Waals surface area contributed by atoms with Gasteiger partial charge in [0.05, 0.1) is 4.88 Å². The second-order valence-electron chi connectivity index (χ2n) is 5.14. The molecule has 0 fully saturated rings. The monoisotopic (exact) mass is 405 g/mol. The number of fused-ring (bicyclic) bond motifs is 1. The van der Waals surface area contributed by atoms with Crippen LogP contribution in [-0.2, 0) is 21.0 Å². The van der Waals surface area contributed by atoms with Crippen molar-refractivity contribution in [1.82, 2.24) is 9.29 Å². The Labute approximate surface area is 149 Å². The minimum Gasteiger partial charge on any atom is -0.504 e. The normalized spacial score (nSPS) is 16.4. The molecule has 0 saturated carbocycles. The summed E-state index contributed by atoms with van der Waals surface area (Å²) in [7, 11) is -3.47. The van der Waals surface area contributed by atoms with Crippen molar-refractivity contribution in [2.24, 2.45) is 0 Å². The number of halogens is 3. The van der Waals surface area contributed by atoms with Crippen LogP contribution in [-0.4, -0.2) is 35.8 Å². The van der Waals surface area contributed by atoms with Crippen LogP contribution in [0.15, 0.2) is 41.1 Å². The Morgan fingerprint density at radius 2 is 2.04 bits per heavy atom. The van der Waals surface area contributed by atoms with Gasteiger partial charge in [0.1, 0.15) is 15.6 Å². The van der Waals surface area contributed by atoms with E-state index in [1.807, 2.05) is 0 Å². The number of carbonyl (C=O) groups excluding carboxylic acids is 1. The zero-order valence-electron chi connectivity index (χ0n) is 12.9. The molecule has 3 rings (SSSR count). The summed E-state index contributed by atoms with van der Waals surface area (Å²) in [5.74, 6) is -1.80. The van der Waals surface area contributed by atoms with Gasteiger partial charge in [-0.1, -0.05) is 6.07 Å². The lowest BCUT2D eigenvalue weighted by Gasteiger charge is -2.26. The lowest BCUT2D eigenvalue weighted by atomic mass is 10.2. The number of rotatable bonds is 2. The Hall–Kier alpha value is -2.60. The Morgan fingerprint density at radius 3 is 2.62 bits per heavy atom. The van der Waals surface area contributed by atoms with Gasteiger partial charge in [-0.05, 0) is 18.2 Å². The average Bonchev–Trinajstić information content (AvgIpc) is 3.01. The standard InChI is InChI=1S/C14H10F3N3O4S2/c1-20-10(13(22)19-9-4-2-3-5-18-9)11(21)12-7(26(20,23)24)6-8(25-12)14(15,16)17/h2-6,21H,1H3,(H,18,19,22). The van der Waals surface area contributed by atoms with Gasteiger partial charge in [0, 0.05) is 13.2 Å². The summed E-state index contributed by atoms with van der Waals surface area (Å²) < 4.78 is 64.1. The van der Waals surface area contributed by atoms with E-state index in [1.165, 1.54) is 12.3 Å². The fourth-order valence-corrected chi connectivity index (χ4v) is 4.94.